The summed E-state index contributed by atoms with van der Waals surface area (Å²) >= 11 is 0. The molecule has 0 aliphatic rings. The minimum atomic E-state index is -3.54. The lowest BCUT2D eigenvalue weighted by Gasteiger charge is -2.09. The van der Waals surface area contributed by atoms with Crippen LogP contribution in [0.2, 0.25) is 0 Å². The molecule has 1 heterocycles. The topological polar surface area (TPSA) is 62.0 Å². The van der Waals surface area contributed by atoms with Crippen LogP contribution in [0.5, 0.6) is 0 Å². The predicted octanol–water partition coefficient (Wildman–Crippen LogP) is 3.95. The Kier molecular flexibility index (Phi) is 4.92. The quantitative estimate of drug-likeness (QED) is 0.699. The highest BCUT2D eigenvalue weighted by Crippen LogP contribution is 2.20. The van der Waals surface area contributed by atoms with E-state index < -0.39 is 10.0 Å². The molecule has 3 aromatic rings. The molecule has 2 aromatic carbocycles. The van der Waals surface area contributed by atoms with E-state index in [4.69, 9.17) is 0 Å². The summed E-state index contributed by atoms with van der Waals surface area (Å²) in [7, 11) is -3.54. The zero-order valence-corrected chi connectivity index (χ0v) is 15.0. The van der Waals surface area contributed by atoms with Gasteiger partial charge in [0.05, 0.1) is 4.90 Å². The van der Waals surface area contributed by atoms with Gasteiger partial charge in [-0.25, -0.2) is 17.5 Å². The van der Waals surface area contributed by atoms with E-state index in [9.17, 15) is 12.8 Å². The molecule has 0 fully saturated rings. The van der Waals surface area contributed by atoms with Crippen LogP contribution >= 0.6 is 0 Å². The van der Waals surface area contributed by atoms with Crippen molar-refractivity contribution in [3.05, 3.63) is 65.6 Å². The van der Waals surface area contributed by atoms with E-state index >= 15 is 0 Å². The van der Waals surface area contributed by atoms with Crippen LogP contribution in [-0.2, 0) is 16.4 Å². The third-order valence-electron chi connectivity index (χ3n) is 4.27. The van der Waals surface area contributed by atoms with Crippen LogP contribution in [0.3, 0.4) is 0 Å². The molecule has 0 bridgehead atoms. The maximum absolute atomic E-state index is 13.2. The Labute approximate surface area is 147 Å². The zero-order valence-electron chi connectivity index (χ0n) is 14.2. The molecule has 0 saturated heterocycles. The number of aromatic nitrogens is 1. The molecule has 4 nitrogen and oxygen atoms in total. The Bertz CT molecular complexity index is 976. The van der Waals surface area contributed by atoms with Gasteiger partial charge in [-0.1, -0.05) is 26.0 Å². The van der Waals surface area contributed by atoms with Crippen LogP contribution in [0.4, 0.5) is 4.39 Å². The summed E-state index contributed by atoms with van der Waals surface area (Å²) in [4.78, 5) is 3.27. The number of H-pyrrole nitrogens is 1. The van der Waals surface area contributed by atoms with Crippen LogP contribution < -0.4 is 4.72 Å². The van der Waals surface area contributed by atoms with Gasteiger partial charge in [0.25, 0.3) is 0 Å². The number of rotatable bonds is 6. The minimum absolute atomic E-state index is 0.262. The van der Waals surface area contributed by atoms with Crippen LogP contribution in [-0.4, -0.2) is 19.9 Å². The first-order valence-corrected chi connectivity index (χ1v) is 9.70. The Morgan fingerprint density at radius 3 is 2.52 bits per heavy atom. The van der Waals surface area contributed by atoms with Crippen LogP contribution in [0.1, 0.15) is 30.9 Å². The summed E-state index contributed by atoms with van der Waals surface area (Å²) in [6, 6.07) is 11.5. The molecule has 0 radical (unpaired) electrons. The van der Waals surface area contributed by atoms with Crippen molar-refractivity contribution in [2.45, 2.75) is 31.1 Å². The first-order valence-electron chi connectivity index (χ1n) is 8.22. The molecule has 0 atom stereocenters. The molecule has 0 amide bonds. The summed E-state index contributed by atoms with van der Waals surface area (Å²) in [5, 5.41) is 0.905. The van der Waals surface area contributed by atoms with Crippen molar-refractivity contribution in [2.24, 2.45) is 0 Å². The number of benzene rings is 2. The predicted molar refractivity (Wildman–Crippen MR) is 97.7 cm³/mol. The second kappa shape index (κ2) is 6.98. The molecule has 1 aromatic heterocycles. The van der Waals surface area contributed by atoms with E-state index in [1.165, 1.54) is 12.1 Å². The minimum Gasteiger partial charge on any atom is -0.361 e. The fourth-order valence-corrected chi connectivity index (χ4v) is 3.83. The molecule has 6 heteroatoms. The molecule has 132 valence electrons. The number of hydrogen-bond acceptors (Lipinski definition) is 2. The second-order valence-corrected chi connectivity index (χ2v) is 8.14. The van der Waals surface area contributed by atoms with Gasteiger partial charge in [0, 0.05) is 23.6 Å². The highest BCUT2D eigenvalue weighted by Gasteiger charge is 2.14. The Hall–Kier alpha value is -2.18. The number of hydrogen-bond donors (Lipinski definition) is 2. The van der Waals surface area contributed by atoms with Gasteiger partial charge in [-0.3, -0.25) is 0 Å². The summed E-state index contributed by atoms with van der Waals surface area (Å²) < 4.78 is 40.6. The van der Waals surface area contributed by atoms with Crippen molar-refractivity contribution in [1.82, 2.24) is 9.71 Å². The van der Waals surface area contributed by atoms with Gasteiger partial charge >= 0.3 is 0 Å². The van der Waals surface area contributed by atoms with E-state index in [2.05, 4.69) is 23.6 Å². The number of sulfonamides is 1. The average Bonchev–Trinajstić information content (AvgIpc) is 2.97. The lowest BCUT2D eigenvalue weighted by molar-refractivity contribution is 0.581. The second-order valence-electron chi connectivity index (χ2n) is 6.38. The Morgan fingerprint density at radius 2 is 1.84 bits per heavy atom. The smallest absolute Gasteiger partial charge is 0.240 e. The van der Waals surface area contributed by atoms with E-state index in [-0.39, 0.29) is 17.3 Å². The Balaban J connectivity index is 1.67. The van der Waals surface area contributed by atoms with Crippen molar-refractivity contribution in [3.63, 3.8) is 0 Å². The fraction of sp³-hybridized carbons (Fsp3) is 0.263. The van der Waals surface area contributed by atoms with Gasteiger partial charge in [-0.15, -0.1) is 0 Å². The van der Waals surface area contributed by atoms with Crippen LogP contribution in [0.15, 0.2) is 53.6 Å². The maximum Gasteiger partial charge on any atom is 0.240 e. The molecule has 0 unspecified atom stereocenters. The number of fused-ring (bicyclic) bond motifs is 1. The lowest BCUT2D eigenvalue weighted by atomic mass is 10.0. The van der Waals surface area contributed by atoms with Crippen LogP contribution in [0.25, 0.3) is 10.9 Å². The molecule has 3 rings (SSSR count). The van der Waals surface area contributed by atoms with E-state index in [1.807, 2.05) is 12.1 Å². The first-order chi connectivity index (χ1) is 11.9. The summed E-state index contributed by atoms with van der Waals surface area (Å²) in [6.07, 6.45) is 2.31. The van der Waals surface area contributed by atoms with Crippen molar-refractivity contribution in [1.29, 1.82) is 0 Å². The molecule has 0 aliphatic carbocycles. The summed E-state index contributed by atoms with van der Waals surface area (Å²) in [5.74, 6) is 0.0582. The van der Waals surface area contributed by atoms with Crippen molar-refractivity contribution in [2.75, 3.05) is 6.54 Å². The monoisotopic (exact) mass is 360 g/mol. The third kappa shape index (κ3) is 3.91. The average molecular weight is 360 g/mol. The number of aromatic amines is 1. The standard InChI is InChI=1S/C19H21FN2O2S/c1-13(2)14-3-6-17(7-4-14)25(23,24)22-10-9-15-12-21-19-11-16(20)5-8-18(15)19/h3-8,11-13,21-22H,9-10H2,1-2H3. The van der Waals surface area contributed by atoms with Gasteiger partial charge in [0.2, 0.25) is 10.0 Å². The third-order valence-corrected chi connectivity index (χ3v) is 5.75. The van der Waals surface area contributed by atoms with Crippen molar-refractivity contribution in [3.8, 4) is 0 Å². The summed E-state index contributed by atoms with van der Waals surface area (Å²) in [5.41, 5.74) is 2.76. The van der Waals surface area contributed by atoms with Gasteiger partial charge in [-0.2, -0.15) is 0 Å². The molecule has 0 aliphatic heterocycles. The lowest BCUT2D eigenvalue weighted by Crippen LogP contribution is -2.26. The number of halogens is 1. The van der Waals surface area contributed by atoms with Gasteiger partial charge in [0.1, 0.15) is 5.82 Å². The van der Waals surface area contributed by atoms with Gasteiger partial charge in [-0.05, 0) is 53.8 Å². The molecular formula is C19H21FN2O2S. The van der Waals surface area contributed by atoms with Crippen molar-refractivity contribution < 1.29 is 12.8 Å². The van der Waals surface area contributed by atoms with Gasteiger partial charge in [0.15, 0.2) is 0 Å². The molecule has 25 heavy (non-hydrogen) atoms. The van der Waals surface area contributed by atoms with Gasteiger partial charge < -0.3 is 4.98 Å². The van der Waals surface area contributed by atoms with E-state index in [0.717, 1.165) is 16.5 Å². The summed E-state index contributed by atoms with van der Waals surface area (Å²) in [6.45, 7) is 4.41. The van der Waals surface area contributed by atoms with E-state index in [1.54, 1.807) is 24.4 Å². The molecular weight excluding hydrogens is 339 g/mol. The number of nitrogens with one attached hydrogen (secondary N) is 2. The largest absolute Gasteiger partial charge is 0.361 e. The van der Waals surface area contributed by atoms with E-state index in [0.29, 0.717) is 17.9 Å². The SMILES string of the molecule is CC(C)c1ccc(S(=O)(=O)NCCc2c[nH]c3cc(F)ccc23)cc1. The first kappa shape index (κ1) is 17.6. The van der Waals surface area contributed by atoms with Crippen molar-refractivity contribution >= 4 is 20.9 Å². The maximum atomic E-state index is 13.2. The zero-order chi connectivity index (χ0) is 18.0. The molecule has 0 spiro atoms. The molecule has 0 saturated carbocycles. The normalized spacial score (nSPS) is 12.2. The van der Waals surface area contributed by atoms with Crippen LogP contribution in [0, 0.1) is 5.82 Å². The molecule has 2 N–H and O–H groups in total. The highest BCUT2D eigenvalue weighted by molar-refractivity contribution is 7.89. The highest BCUT2D eigenvalue weighted by atomic mass is 32.2. The fourth-order valence-electron chi connectivity index (χ4n) is 2.80. The Morgan fingerprint density at radius 1 is 1.12 bits per heavy atom.